The Morgan fingerprint density at radius 1 is 1.29 bits per heavy atom. The number of carbonyl (C=O) groups excluding carboxylic acids is 1. The van der Waals surface area contributed by atoms with Gasteiger partial charge in [-0.1, -0.05) is 19.1 Å². The minimum Gasteiger partial charge on any atom is -0.469 e. The molecule has 0 amide bonds. The quantitative estimate of drug-likeness (QED) is 0.757. The number of methoxy groups -OCH3 is 1. The van der Waals surface area contributed by atoms with E-state index < -0.39 is 11.7 Å². The molecule has 0 heterocycles. The number of rotatable bonds is 5. The number of esters is 1. The summed E-state index contributed by atoms with van der Waals surface area (Å²) in [4.78, 5) is 11.3. The predicted molar refractivity (Wildman–Crippen MR) is 72.8 cm³/mol. The number of carbonyl (C=O) groups is 1. The molecule has 1 atom stereocenters. The Kier molecular flexibility index (Phi) is 4.30. The third-order valence-electron chi connectivity index (χ3n) is 4.16. The lowest BCUT2D eigenvalue weighted by atomic mass is 9.85. The number of hydrogen-bond donors (Lipinski definition) is 0. The Morgan fingerprint density at radius 3 is 2.29 bits per heavy atom. The van der Waals surface area contributed by atoms with Crippen LogP contribution in [0, 0.1) is 5.92 Å². The Balaban J connectivity index is 2.05. The summed E-state index contributed by atoms with van der Waals surface area (Å²) < 4.78 is 42.4. The maximum absolute atomic E-state index is 12.6. The van der Waals surface area contributed by atoms with Crippen LogP contribution in [0.25, 0.3) is 0 Å². The summed E-state index contributed by atoms with van der Waals surface area (Å²) in [6.07, 6.45) is -1.23. The van der Waals surface area contributed by atoms with Crippen LogP contribution in [0.3, 0.4) is 0 Å². The highest BCUT2D eigenvalue weighted by Crippen LogP contribution is 2.53. The van der Waals surface area contributed by atoms with Gasteiger partial charge >= 0.3 is 12.1 Å². The van der Waals surface area contributed by atoms with Gasteiger partial charge in [-0.2, -0.15) is 13.2 Å². The molecule has 0 spiro atoms. The number of hydrogen-bond acceptors (Lipinski definition) is 2. The average molecular weight is 300 g/mol. The fraction of sp³-hybridized carbons (Fsp3) is 0.562. The van der Waals surface area contributed by atoms with Gasteiger partial charge in [0.15, 0.2) is 0 Å². The van der Waals surface area contributed by atoms with Crippen molar-refractivity contribution in [2.45, 2.75) is 44.2 Å². The zero-order chi connectivity index (χ0) is 15.7. The van der Waals surface area contributed by atoms with Crippen LogP contribution in [-0.4, -0.2) is 13.1 Å². The highest BCUT2D eigenvalue weighted by atomic mass is 19.4. The van der Waals surface area contributed by atoms with Gasteiger partial charge in [0, 0.05) is 6.42 Å². The zero-order valence-electron chi connectivity index (χ0n) is 12.2. The van der Waals surface area contributed by atoms with Crippen molar-refractivity contribution in [1.29, 1.82) is 0 Å². The summed E-state index contributed by atoms with van der Waals surface area (Å²) in [6.45, 7) is 1.97. The van der Waals surface area contributed by atoms with Gasteiger partial charge in [-0.15, -0.1) is 0 Å². The van der Waals surface area contributed by atoms with Crippen LogP contribution in [0.15, 0.2) is 24.3 Å². The van der Waals surface area contributed by atoms with Crippen molar-refractivity contribution in [1.82, 2.24) is 0 Å². The number of halogens is 3. The minimum atomic E-state index is -4.30. The molecule has 1 aliphatic carbocycles. The monoisotopic (exact) mass is 300 g/mol. The van der Waals surface area contributed by atoms with Crippen molar-refractivity contribution in [2.75, 3.05) is 7.11 Å². The second-order valence-corrected chi connectivity index (χ2v) is 5.94. The van der Waals surface area contributed by atoms with E-state index in [1.54, 1.807) is 12.1 Å². The van der Waals surface area contributed by atoms with Gasteiger partial charge in [-0.25, -0.2) is 0 Å². The highest BCUT2D eigenvalue weighted by molar-refractivity contribution is 5.69. The van der Waals surface area contributed by atoms with E-state index in [9.17, 15) is 18.0 Å². The van der Waals surface area contributed by atoms with Crippen molar-refractivity contribution >= 4 is 5.97 Å². The summed E-state index contributed by atoms with van der Waals surface area (Å²) in [5.41, 5.74) is 0.259. The molecule has 2 nitrogen and oxygen atoms in total. The summed E-state index contributed by atoms with van der Waals surface area (Å²) in [6, 6.07) is 5.42. The second-order valence-electron chi connectivity index (χ2n) is 5.94. The lowest BCUT2D eigenvalue weighted by Crippen LogP contribution is -2.16. The Labute approximate surface area is 122 Å². The first-order valence-corrected chi connectivity index (χ1v) is 7.01. The second kappa shape index (κ2) is 5.70. The normalized spacial score (nSPS) is 18.1. The van der Waals surface area contributed by atoms with E-state index in [1.165, 1.54) is 7.11 Å². The van der Waals surface area contributed by atoms with Crippen LogP contribution in [-0.2, 0) is 21.1 Å². The average Bonchev–Trinajstić information content (AvgIpc) is 3.18. The maximum Gasteiger partial charge on any atom is 0.416 e. The maximum atomic E-state index is 12.6. The third-order valence-corrected chi connectivity index (χ3v) is 4.16. The molecule has 1 aromatic rings. The van der Waals surface area contributed by atoms with Crippen molar-refractivity contribution < 1.29 is 22.7 Å². The number of ether oxygens (including phenoxy) is 1. The van der Waals surface area contributed by atoms with Gasteiger partial charge in [-0.3, -0.25) is 4.79 Å². The predicted octanol–water partition coefficient (Wildman–Crippen LogP) is 4.33. The zero-order valence-corrected chi connectivity index (χ0v) is 12.2. The molecule has 1 fully saturated rings. The lowest BCUT2D eigenvalue weighted by Gasteiger charge is -2.20. The highest BCUT2D eigenvalue weighted by Gasteiger charge is 2.45. The molecular weight excluding hydrogens is 281 g/mol. The van der Waals surface area contributed by atoms with Crippen LogP contribution < -0.4 is 0 Å². The molecule has 116 valence electrons. The summed E-state index contributed by atoms with van der Waals surface area (Å²) >= 11 is 0. The molecule has 21 heavy (non-hydrogen) atoms. The smallest absolute Gasteiger partial charge is 0.416 e. The Bertz CT molecular complexity index is 501. The van der Waals surface area contributed by atoms with Gasteiger partial charge < -0.3 is 4.74 Å². The van der Waals surface area contributed by atoms with Gasteiger partial charge in [0.2, 0.25) is 0 Å². The molecule has 0 aromatic heterocycles. The molecule has 0 bridgehead atoms. The minimum absolute atomic E-state index is 0.0580. The van der Waals surface area contributed by atoms with Gasteiger partial charge in [-0.05, 0) is 48.3 Å². The van der Waals surface area contributed by atoms with E-state index in [4.69, 9.17) is 0 Å². The first-order valence-electron chi connectivity index (χ1n) is 7.01. The van der Waals surface area contributed by atoms with Crippen LogP contribution in [0.4, 0.5) is 13.2 Å². The van der Waals surface area contributed by atoms with Crippen LogP contribution in [0.2, 0.25) is 0 Å². The molecule has 2 rings (SSSR count). The largest absolute Gasteiger partial charge is 0.469 e. The number of alkyl halides is 3. The van der Waals surface area contributed by atoms with Gasteiger partial charge in [0.05, 0.1) is 12.7 Å². The van der Waals surface area contributed by atoms with E-state index in [-0.39, 0.29) is 17.3 Å². The van der Waals surface area contributed by atoms with Crippen LogP contribution in [0.5, 0.6) is 0 Å². The molecule has 0 N–H and O–H groups in total. The molecule has 1 unspecified atom stereocenters. The van der Waals surface area contributed by atoms with Crippen LogP contribution >= 0.6 is 0 Å². The molecule has 1 saturated carbocycles. The van der Waals surface area contributed by atoms with Crippen LogP contribution in [0.1, 0.15) is 43.7 Å². The van der Waals surface area contributed by atoms with Gasteiger partial charge in [0.25, 0.3) is 0 Å². The molecule has 5 heteroatoms. The Morgan fingerprint density at radius 2 is 1.86 bits per heavy atom. The van der Waals surface area contributed by atoms with Crippen molar-refractivity contribution in [3.63, 3.8) is 0 Å². The fourth-order valence-electron chi connectivity index (χ4n) is 2.88. The van der Waals surface area contributed by atoms with Crippen molar-refractivity contribution in [3.05, 3.63) is 35.4 Å². The molecular formula is C16H19F3O2. The first-order chi connectivity index (χ1) is 9.77. The first kappa shape index (κ1) is 15.9. The van der Waals surface area contributed by atoms with E-state index >= 15 is 0 Å². The van der Waals surface area contributed by atoms with Crippen molar-refractivity contribution in [2.24, 2.45) is 5.92 Å². The third kappa shape index (κ3) is 3.77. The molecule has 0 radical (unpaired) electrons. The summed E-state index contributed by atoms with van der Waals surface area (Å²) in [5.74, 6) is -0.0899. The molecule has 0 aliphatic heterocycles. The lowest BCUT2D eigenvalue weighted by molar-refractivity contribution is -0.141. The van der Waals surface area contributed by atoms with Gasteiger partial charge in [0.1, 0.15) is 0 Å². The topological polar surface area (TPSA) is 26.3 Å². The Hall–Kier alpha value is -1.52. The van der Waals surface area contributed by atoms with E-state index in [1.807, 2.05) is 6.92 Å². The standard InChI is InChI=1S/C16H19F3O2/c1-11(9-14(20)21-2)10-15(7-8-15)12-3-5-13(6-4-12)16(17,18)19/h3-6,11H,7-10H2,1-2H3. The SMILES string of the molecule is COC(=O)CC(C)CC1(c2ccc(C(F)(F)F)cc2)CC1. The number of benzene rings is 1. The van der Waals surface area contributed by atoms with E-state index in [0.29, 0.717) is 6.42 Å². The molecule has 1 aromatic carbocycles. The fourth-order valence-corrected chi connectivity index (χ4v) is 2.88. The van der Waals surface area contributed by atoms with E-state index in [0.717, 1.165) is 37.0 Å². The van der Waals surface area contributed by atoms with E-state index in [2.05, 4.69) is 4.74 Å². The van der Waals surface area contributed by atoms with Crippen molar-refractivity contribution in [3.8, 4) is 0 Å². The molecule has 0 saturated heterocycles. The summed E-state index contributed by atoms with van der Waals surface area (Å²) in [7, 11) is 1.36. The molecule has 1 aliphatic rings. The summed E-state index contributed by atoms with van der Waals surface area (Å²) in [5, 5.41) is 0.